The van der Waals surface area contributed by atoms with Crippen LogP contribution in [0.3, 0.4) is 0 Å². The largest absolute Gasteiger partial charge is 0.497 e. The number of pyridine rings is 1. The highest BCUT2D eigenvalue weighted by Gasteiger charge is 2.25. The number of rotatable bonds is 3. The smallest absolute Gasteiger partial charge is 0.231 e. The van der Waals surface area contributed by atoms with Gasteiger partial charge in [0.05, 0.1) is 24.9 Å². The number of carbonyl (C=O) groups excluding carboxylic acids is 1. The van der Waals surface area contributed by atoms with Crippen LogP contribution in [0, 0.1) is 0 Å². The van der Waals surface area contributed by atoms with Crippen molar-refractivity contribution in [2.45, 2.75) is 19.3 Å². The first-order valence-corrected chi connectivity index (χ1v) is 8.56. The van der Waals surface area contributed by atoms with Gasteiger partial charge in [0.1, 0.15) is 5.75 Å². The third-order valence-electron chi connectivity index (χ3n) is 4.73. The van der Waals surface area contributed by atoms with E-state index in [1.807, 2.05) is 53.6 Å². The first kappa shape index (κ1) is 15.6. The van der Waals surface area contributed by atoms with Crippen LogP contribution in [0.25, 0.3) is 10.8 Å². The summed E-state index contributed by atoms with van der Waals surface area (Å²) in [5, 5.41) is 2.18. The Morgan fingerprint density at radius 1 is 1.16 bits per heavy atom. The summed E-state index contributed by atoms with van der Waals surface area (Å²) in [6.07, 6.45) is 4.16. The number of fused-ring (bicyclic) bond motifs is 3. The van der Waals surface area contributed by atoms with Crippen molar-refractivity contribution in [1.82, 2.24) is 4.98 Å². The van der Waals surface area contributed by atoms with E-state index < -0.39 is 0 Å². The molecule has 4 rings (SSSR count). The molecule has 0 radical (unpaired) electrons. The van der Waals surface area contributed by atoms with Gasteiger partial charge in [0.2, 0.25) is 5.91 Å². The van der Waals surface area contributed by atoms with Crippen molar-refractivity contribution in [3.63, 3.8) is 0 Å². The molecule has 0 saturated carbocycles. The number of ether oxygens (including phenoxy) is 1. The van der Waals surface area contributed by atoms with Crippen molar-refractivity contribution in [3.05, 3.63) is 66.0 Å². The Morgan fingerprint density at radius 3 is 2.76 bits per heavy atom. The molecule has 0 bridgehead atoms. The second kappa shape index (κ2) is 6.55. The number of aromatic nitrogens is 1. The normalized spacial score (nSPS) is 13.6. The van der Waals surface area contributed by atoms with Gasteiger partial charge in [0.25, 0.3) is 0 Å². The Morgan fingerprint density at radius 2 is 1.96 bits per heavy atom. The topological polar surface area (TPSA) is 42.4 Å². The highest BCUT2D eigenvalue weighted by atomic mass is 16.5. The van der Waals surface area contributed by atoms with Gasteiger partial charge in [0, 0.05) is 23.5 Å². The second-order valence-electron chi connectivity index (χ2n) is 6.31. The van der Waals surface area contributed by atoms with Crippen molar-refractivity contribution >= 4 is 22.4 Å². The molecule has 126 valence electrons. The first-order valence-electron chi connectivity index (χ1n) is 8.56. The summed E-state index contributed by atoms with van der Waals surface area (Å²) >= 11 is 0. The Kier molecular flexibility index (Phi) is 4.10. The molecule has 1 aliphatic heterocycles. The maximum Gasteiger partial charge on any atom is 0.231 e. The number of benzene rings is 2. The summed E-state index contributed by atoms with van der Waals surface area (Å²) in [5.74, 6) is 0.916. The van der Waals surface area contributed by atoms with Crippen molar-refractivity contribution in [1.29, 1.82) is 0 Å². The van der Waals surface area contributed by atoms with Crippen LogP contribution in [0.5, 0.6) is 5.75 Å². The van der Waals surface area contributed by atoms with Crippen LogP contribution < -0.4 is 9.64 Å². The van der Waals surface area contributed by atoms with Gasteiger partial charge in [-0.2, -0.15) is 0 Å². The van der Waals surface area contributed by atoms with Gasteiger partial charge < -0.3 is 9.64 Å². The minimum Gasteiger partial charge on any atom is -0.497 e. The van der Waals surface area contributed by atoms with E-state index in [1.165, 1.54) is 0 Å². The molecule has 0 aliphatic carbocycles. The molecule has 4 nitrogen and oxygen atoms in total. The van der Waals surface area contributed by atoms with E-state index in [4.69, 9.17) is 4.74 Å². The summed E-state index contributed by atoms with van der Waals surface area (Å²) in [6.45, 7) is 0.748. The SMILES string of the molecule is COc1ccc(CC(=O)N2CCCc3ncc4ccccc4c32)cc1. The highest BCUT2D eigenvalue weighted by molar-refractivity contribution is 6.05. The number of hydrogen-bond acceptors (Lipinski definition) is 3. The van der Waals surface area contributed by atoms with Gasteiger partial charge in [-0.15, -0.1) is 0 Å². The number of amides is 1. The molecule has 0 N–H and O–H groups in total. The predicted octanol–water partition coefficient (Wildman–Crippen LogP) is 3.77. The quantitative estimate of drug-likeness (QED) is 0.733. The highest BCUT2D eigenvalue weighted by Crippen LogP contribution is 2.33. The lowest BCUT2D eigenvalue weighted by molar-refractivity contribution is -0.118. The molecule has 25 heavy (non-hydrogen) atoms. The Labute approximate surface area is 147 Å². The molecule has 3 aromatic rings. The van der Waals surface area contributed by atoms with Crippen LogP contribution in [0.15, 0.2) is 54.7 Å². The minimum atomic E-state index is 0.115. The van der Waals surface area contributed by atoms with Gasteiger partial charge in [-0.1, -0.05) is 36.4 Å². The molecule has 0 atom stereocenters. The molecule has 1 aliphatic rings. The Balaban J connectivity index is 1.67. The number of aryl methyl sites for hydroxylation is 1. The van der Waals surface area contributed by atoms with Crippen LogP contribution in [-0.2, 0) is 17.6 Å². The summed E-state index contributed by atoms with van der Waals surface area (Å²) in [6, 6.07) is 15.8. The molecule has 0 unspecified atom stereocenters. The molecule has 0 spiro atoms. The summed E-state index contributed by atoms with van der Waals surface area (Å²) in [4.78, 5) is 19.5. The van der Waals surface area contributed by atoms with Crippen molar-refractivity contribution in [2.75, 3.05) is 18.6 Å². The third-order valence-corrected chi connectivity index (χ3v) is 4.73. The Bertz CT molecular complexity index is 919. The van der Waals surface area contributed by atoms with Gasteiger partial charge in [-0.05, 0) is 30.5 Å². The predicted molar refractivity (Wildman–Crippen MR) is 99.1 cm³/mol. The molecule has 4 heteroatoms. The van der Waals surface area contributed by atoms with Crippen molar-refractivity contribution in [3.8, 4) is 5.75 Å². The van der Waals surface area contributed by atoms with Crippen LogP contribution in [0.2, 0.25) is 0 Å². The lowest BCUT2D eigenvalue weighted by Crippen LogP contribution is -2.37. The number of nitrogens with zero attached hydrogens (tertiary/aromatic N) is 2. The number of anilines is 1. The van der Waals surface area contributed by atoms with E-state index in [-0.39, 0.29) is 5.91 Å². The zero-order chi connectivity index (χ0) is 17.2. The fourth-order valence-corrected chi connectivity index (χ4v) is 3.45. The zero-order valence-electron chi connectivity index (χ0n) is 14.2. The monoisotopic (exact) mass is 332 g/mol. The summed E-state index contributed by atoms with van der Waals surface area (Å²) in [5.41, 5.74) is 3.00. The van der Waals surface area contributed by atoms with E-state index in [0.717, 1.165) is 52.9 Å². The zero-order valence-corrected chi connectivity index (χ0v) is 14.2. The van der Waals surface area contributed by atoms with Crippen LogP contribution in [-0.4, -0.2) is 24.5 Å². The molecular formula is C21H20N2O2. The Hall–Kier alpha value is -2.88. The second-order valence-corrected chi connectivity index (χ2v) is 6.31. The first-order chi connectivity index (χ1) is 12.3. The molecule has 2 heterocycles. The maximum absolute atomic E-state index is 13.0. The van der Waals surface area contributed by atoms with Crippen LogP contribution in [0.4, 0.5) is 5.69 Å². The van der Waals surface area contributed by atoms with E-state index in [1.54, 1.807) is 7.11 Å². The summed E-state index contributed by atoms with van der Waals surface area (Å²) in [7, 11) is 1.64. The molecular weight excluding hydrogens is 312 g/mol. The maximum atomic E-state index is 13.0. The average molecular weight is 332 g/mol. The van der Waals surface area contributed by atoms with E-state index in [2.05, 4.69) is 11.1 Å². The van der Waals surface area contributed by atoms with Crippen molar-refractivity contribution < 1.29 is 9.53 Å². The van der Waals surface area contributed by atoms with E-state index in [9.17, 15) is 4.79 Å². The van der Waals surface area contributed by atoms with Crippen molar-refractivity contribution in [2.24, 2.45) is 0 Å². The van der Waals surface area contributed by atoms with Gasteiger partial charge in [0.15, 0.2) is 0 Å². The number of carbonyl (C=O) groups is 1. The lowest BCUT2D eigenvalue weighted by atomic mass is 10.0. The van der Waals surface area contributed by atoms with Gasteiger partial charge >= 0.3 is 0 Å². The van der Waals surface area contributed by atoms with E-state index >= 15 is 0 Å². The van der Waals surface area contributed by atoms with Gasteiger partial charge in [-0.25, -0.2) is 0 Å². The lowest BCUT2D eigenvalue weighted by Gasteiger charge is -2.30. The van der Waals surface area contributed by atoms with Gasteiger partial charge in [-0.3, -0.25) is 9.78 Å². The van der Waals surface area contributed by atoms with Crippen LogP contribution in [0.1, 0.15) is 17.7 Å². The summed E-state index contributed by atoms with van der Waals surface area (Å²) < 4.78 is 5.18. The number of hydrogen-bond donors (Lipinski definition) is 0. The average Bonchev–Trinajstić information content (AvgIpc) is 2.68. The fraction of sp³-hybridized carbons (Fsp3) is 0.238. The molecule has 0 saturated heterocycles. The molecule has 2 aromatic carbocycles. The van der Waals surface area contributed by atoms with E-state index in [0.29, 0.717) is 6.42 Å². The minimum absolute atomic E-state index is 0.115. The van der Waals surface area contributed by atoms with Crippen LogP contribution >= 0.6 is 0 Å². The number of methoxy groups -OCH3 is 1. The standard InChI is InChI=1S/C21H20N2O2/c1-25-17-10-8-15(9-11-17)13-20(24)23-12-4-7-19-21(23)18-6-3-2-5-16(18)14-22-19/h2-3,5-6,8-11,14H,4,7,12-13H2,1H3. The third kappa shape index (κ3) is 2.95. The molecule has 1 aromatic heterocycles. The molecule has 1 amide bonds. The fourth-order valence-electron chi connectivity index (χ4n) is 3.45. The molecule has 0 fully saturated rings.